The first kappa shape index (κ1) is 7.35. The Morgan fingerprint density at radius 1 is 1.70 bits per heavy atom. The summed E-state index contributed by atoms with van der Waals surface area (Å²) in [5.41, 5.74) is 0. The van der Waals surface area contributed by atoms with Gasteiger partial charge in [-0.25, -0.2) is 0 Å². The van der Waals surface area contributed by atoms with Crippen molar-refractivity contribution >= 4 is 11.3 Å². The molecule has 0 aliphatic rings. The Balaban J connectivity index is 2.67. The zero-order chi connectivity index (χ0) is 7.40. The molecular weight excluding hydrogens is 144 g/mol. The largest absolute Gasteiger partial charge is 0.487 e. The molecule has 0 unspecified atom stereocenters. The lowest BCUT2D eigenvalue weighted by molar-refractivity contribution is 0.427. The maximum Gasteiger partial charge on any atom is 0.173 e. The van der Waals surface area contributed by atoms with Crippen LogP contribution in [0.15, 0.2) is 24.8 Å². The van der Waals surface area contributed by atoms with E-state index in [1.54, 1.807) is 18.4 Å². The van der Waals surface area contributed by atoms with Crippen molar-refractivity contribution in [3.05, 3.63) is 29.7 Å². The summed E-state index contributed by atoms with van der Waals surface area (Å²) in [5, 5.41) is 0.969. The van der Waals surface area contributed by atoms with Gasteiger partial charge in [0.15, 0.2) is 5.06 Å². The third-order valence-corrected chi connectivity index (χ3v) is 2.25. The zero-order valence-corrected chi connectivity index (χ0v) is 6.78. The molecule has 0 bridgehead atoms. The van der Waals surface area contributed by atoms with E-state index >= 15 is 0 Å². The first-order valence-corrected chi connectivity index (χ1v) is 3.92. The van der Waals surface area contributed by atoms with Gasteiger partial charge in [0.25, 0.3) is 0 Å². The SMILES string of the molecule is C=CCc1ccc(OC)s1. The van der Waals surface area contributed by atoms with Crippen molar-refractivity contribution in [1.82, 2.24) is 0 Å². The summed E-state index contributed by atoms with van der Waals surface area (Å²) >= 11 is 1.66. The van der Waals surface area contributed by atoms with Crippen LogP contribution in [0.5, 0.6) is 5.06 Å². The van der Waals surface area contributed by atoms with Crippen molar-refractivity contribution in [1.29, 1.82) is 0 Å². The average Bonchev–Trinajstić information content (AvgIpc) is 2.37. The number of hydrogen-bond donors (Lipinski definition) is 0. The predicted molar refractivity (Wildman–Crippen MR) is 44.8 cm³/mol. The number of thiophene rings is 1. The smallest absolute Gasteiger partial charge is 0.173 e. The molecule has 0 radical (unpaired) electrons. The lowest BCUT2D eigenvalue weighted by Gasteiger charge is -1.89. The number of ether oxygens (including phenoxy) is 1. The molecular formula is C8H10OS. The number of methoxy groups -OCH3 is 1. The molecule has 0 spiro atoms. The van der Waals surface area contributed by atoms with Crippen molar-refractivity contribution in [2.24, 2.45) is 0 Å². The Hall–Kier alpha value is -0.760. The molecule has 0 amide bonds. The summed E-state index contributed by atoms with van der Waals surface area (Å²) in [5.74, 6) is 0. The number of allylic oxidation sites excluding steroid dienone is 1. The molecule has 1 aromatic heterocycles. The summed E-state index contributed by atoms with van der Waals surface area (Å²) < 4.78 is 5.03. The highest BCUT2D eigenvalue weighted by atomic mass is 32.1. The maximum absolute atomic E-state index is 5.03. The highest BCUT2D eigenvalue weighted by Gasteiger charge is 1.95. The fourth-order valence-electron chi connectivity index (χ4n) is 0.720. The minimum absolute atomic E-state index is 0.939. The Morgan fingerprint density at radius 2 is 2.50 bits per heavy atom. The molecule has 54 valence electrons. The van der Waals surface area contributed by atoms with Gasteiger partial charge in [-0.2, -0.15) is 0 Å². The average molecular weight is 154 g/mol. The van der Waals surface area contributed by atoms with Crippen LogP contribution in [0.4, 0.5) is 0 Å². The van der Waals surface area contributed by atoms with Crippen LogP contribution in [0.3, 0.4) is 0 Å². The van der Waals surface area contributed by atoms with E-state index in [4.69, 9.17) is 4.74 Å². The van der Waals surface area contributed by atoms with Crippen LogP contribution < -0.4 is 4.74 Å². The van der Waals surface area contributed by atoms with E-state index in [1.807, 2.05) is 12.1 Å². The van der Waals surface area contributed by atoms with Gasteiger partial charge in [-0.05, 0) is 18.6 Å². The number of rotatable bonds is 3. The minimum Gasteiger partial charge on any atom is -0.487 e. The summed E-state index contributed by atoms with van der Waals surface area (Å²) in [6.45, 7) is 3.66. The van der Waals surface area contributed by atoms with Gasteiger partial charge in [-0.15, -0.1) is 17.9 Å². The van der Waals surface area contributed by atoms with Crippen molar-refractivity contribution < 1.29 is 4.74 Å². The van der Waals surface area contributed by atoms with Crippen molar-refractivity contribution in [2.75, 3.05) is 7.11 Å². The quantitative estimate of drug-likeness (QED) is 0.608. The van der Waals surface area contributed by atoms with Crippen LogP contribution in [-0.4, -0.2) is 7.11 Å². The third kappa shape index (κ3) is 1.61. The Bertz CT molecular complexity index is 215. The van der Waals surface area contributed by atoms with Crippen molar-refractivity contribution in [3.8, 4) is 5.06 Å². The molecule has 0 fully saturated rings. The van der Waals surface area contributed by atoms with E-state index in [-0.39, 0.29) is 0 Å². The van der Waals surface area contributed by atoms with Crippen molar-refractivity contribution in [3.63, 3.8) is 0 Å². The molecule has 1 heterocycles. The first-order valence-electron chi connectivity index (χ1n) is 3.10. The molecule has 10 heavy (non-hydrogen) atoms. The second-order valence-corrected chi connectivity index (χ2v) is 3.05. The molecule has 1 rings (SSSR count). The van der Waals surface area contributed by atoms with Gasteiger partial charge < -0.3 is 4.74 Å². The zero-order valence-electron chi connectivity index (χ0n) is 5.96. The van der Waals surface area contributed by atoms with E-state index in [2.05, 4.69) is 12.6 Å². The molecule has 1 nitrogen and oxygen atoms in total. The maximum atomic E-state index is 5.03. The lowest BCUT2D eigenvalue weighted by atomic mass is 10.3. The summed E-state index contributed by atoms with van der Waals surface area (Å²) in [4.78, 5) is 1.30. The minimum atomic E-state index is 0.939. The van der Waals surface area contributed by atoms with Crippen LogP contribution in [0, 0.1) is 0 Å². The second kappa shape index (κ2) is 3.42. The normalized spacial score (nSPS) is 9.30. The monoisotopic (exact) mass is 154 g/mol. The van der Waals surface area contributed by atoms with Crippen LogP contribution in [0.1, 0.15) is 4.88 Å². The molecule has 0 aliphatic heterocycles. The Kier molecular flexibility index (Phi) is 2.51. The lowest BCUT2D eigenvalue weighted by Crippen LogP contribution is -1.73. The molecule has 0 saturated carbocycles. The van der Waals surface area contributed by atoms with Crippen LogP contribution in [0.2, 0.25) is 0 Å². The fraction of sp³-hybridized carbons (Fsp3) is 0.250. The van der Waals surface area contributed by atoms with E-state index in [0.29, 0.717) is 0 Å². The van der Waals surface area contributed by atoms with Crippen LogP contribution >= 0.6 is 11.3 Å². The van der Waals surface area contributed by atoms with Crippen LogP contribution in [-0.2, 0) is 6.42 Å². The Morgan fingerprint density at radius 3 is 3.00 bits per heavy atom. The highest BCUT2D eigenvalue weighted by molar-refractivity contribution is 7.13. The van der Waals surface area contributed by atoms with Gasteiger partial charge in [0.2, 0.25) is 0 Å². The molecule has 1 aromatic rings. The molecule has 0 aromatic carbocycles. The molecule has 0 saturated heterocycles. The van der Waals surface area contributed by atoms with E-state index in [0.717, 1.165) is 11.5 Å². The summed E-state index contributed by atoms with van der Waals surface area (Å²) in [6, 6.07) is 4.04. The highest BCUT2D eigenvalue weighted by Crippen LogP contribution is 2.23. The van der Waals surface area contributed by atoms with Crippen LogP contribution in [0.25, 0.3) is 0 Å². The van der Waals surface area contributed by atoms with Gasteiger partial charge in [0.1, 0.15) is 0 Å². The van der Waals surface area contributed by atoms with Gasteiger partial charge in [0, 0.05) is 4.88 Å². The summed E-state index contributed by atoms with van der Waals surface area (Å²) in [6.07, 6.45) is 2.83. The van der Waals surface area contributed by atoms with E-state index < -0.39 is 0 Å². The fourth-order valence-corrected chi connectivity index (χ4v) is 1.54. The first-order chi connectivity index (χ1) is 4.86. The molecule has 0 atom stereocenters. The third-order valence-electron chi connectivity index (χ3n) is 1.18. The topological polar surface area (TPSA) is 9.23 Å². The van der Waals surface area contributed by atoms with Crippen molar-refractivity contribution in [2.45, 2.75) is 6.42 Å². The molecule has 2 heteroatoms. The predicted octanol–water partition coefficient (Wildman–Crippen LogP) is 2.49. The van der Waals surface area contributed by atoms with Gasteiger partial charge in [-0.1, -0.05) is 6.08 Å². The number of hydrogen-bond acceptors (Lipinski definition) is 2. The molecule has 0 N–H and O–H groups in total. The summed E-state index contributed by atoms with van der Waals surface area (Å²) in [7, 11) is 1.68. The van der Waals surface area contributed by atoms with Gasteiger partial charge >= 0.3 is 0 Å². The van der Waals surface area contributed by atoms with Gasteiger partial charge in [-0.3, -0.25) is 0 Å². The molecule has 0 aliphatic carbocycles. The Labute approximate surface area is 65.0 Å². The van der Waals surface area contributed by atoms with Gasteiger partial charge in [0.05, 0.1) is 7.11 Å². The standard InChI is InChI=1S/C8H10OS/c1-3-4-7-5-6-8(9-2)10-7/h3,5-6H,1,4H2,2H3. The van der Waals surface area contributed by atoms with E-state index in [1.165, 1.54) is 4.88 Å². The second-order valence-electron chi connectivity index (χ2n) is 1.92. The van der Waals surface area contributed by atoms with E-state index in [9.17, 15) is 0 Å².